The van der Waals surface area contributed by atoms with Gasteiger partial charge < -0.3 is 9.84 Å². The molecule has 2 nitrogen and oxygen atoms in total. The number of phenols is 1. The van der Waals surface area contributed by atoms with Crippen LogP contribution in [0.2, 0.25) is 0 Å². The number of ether oxygens (including phenoxy) is 1. The van der Waals surface area contributed by atoms with E-state index in [-0.39, 0.29) is 0 Å². The van der Waals surface area contributed by atoms with Crippen molar-refractivity contribution in [1.82, 2.24) is 0 Å². The van der Waals surface area contributed by atoms with Gasteiger partial charge in [0.1, 0.15) is 5.75 Å². The Bertz CT molecular complexity index is 336. The maximum Gasteiger partial charge on any atom is 0.134 e. The number of phenolic OH excluding ortho intramolecular Hbond substituents is 1. The molecule has 0 atom stereocenters. The van der Waals surface area contributed by atoms with Gasteiger partial charge in [-0.05, 0) is 51.2 Å². The highest BCUT2D eigenvalue weighted by Gasteiger charge is 2.20. The summed E-state index contributed by atoms with van der Waals surface area (Å²) in [6.07, 6.45) is 0. The lowest BCUT2D eigenvalue weighted by molar-refractivity contribution is 0.133. The van der Waals surface area contributed by atoms with Gasteiger partial charge in [0.15, 0.2) is 0 Å². The summed E-state index contributed by atoms with van der Waals surface area (Å²) in [5, 5.41) is 9.65. The van der Waals surface area contributed by atoms with E-state index in [4.69, 9.17) is 4.74 Å². The molecular formula is C8H6I2O2. The van der Waals surface area contributed by atoms with Gasteiger partial charge in [0, 0.05) is 14.7 Å². The van der Waals surface area contributed by atoms with Crippen LogP contribution in [0.15, 0.2) is 6.07 Å². The van der Waals surface area contributed by atoms with Crippen LogP contribution in [-0.2, 0) is 18.0 Å². The van der Waals surface area contributed by atoms with E-state index in [9.17, 15) is 5.11 Å². The van der Waals surface area contributed by atoms with Gasteiger partial charge in [0.05, 0.1) is 16.8 Å². The zero-order chi connectivity index (χ0) is 8.72. The Labute approximate surface area is 97.6 Å². The first-order valence-electron chi connectivity index (χ1n) is 3.46. The van der Waals surface area contributed by atoms with Crippen molar-refractivity contribution < 1.29 is 9.84 Å². The van der Waals surface area contributed by atoms with Crippen molar-refractivity contribution in [2.24, 2.45) is 0 Å². The number of hydrogen-bond donors (Lipinski definition) is 1. The second-order valence-corrected chi connectivity index (χ2v) is 4.96. The van der Waals surface area contributed by atoms with Crippen molar-refractivity contribution in [3.05, 3.63) is 24.3 Å². The molecule has 0 bridgehead atoms. The number of hydrogen-bond acceptors (Lipinski definition) is 2. The van der Waals surface area contributed by atoms with Crippen molar-refractivity contribution in [1.29, 1.82) is 0 Å². The van der Waals surface area contributed by atoms with Gasteiger partial charge in [-0.1, -0.05) is 0 Å². The number of benzene rings is 1. The molecule has 0 saturated heterocycles. The van der Waals surface area contributed by atoms with Gasteiger partial charge in [-0.25, -0.2) is 0 Å². The Hall–Kier alpha value is 0.440. The van der Waals surface area contributed by atoms with E-state index < -0.39 is 0 Å². The fraction of sp³-hybridized carbons (Fsp3) is 0.250. The van der Waals surface area contributed by atoms with E-state index >= 15 is 0 Å². The summed E-state index contributed by atoms with van der Waals surface area (Å²) in [5.41, 5.74) is 2.11. The SMILES string of the molecule is Oc1c(I)cc(I)c2c1COC2. The summed E-state index contributed by atoms with van der Waals surface area (Å²) in [6.45, 7) is 1.19. The van der Waals surface area contributed by atoms with Gasteiger partial charge in [-0.15, -0.1) is 0 Å². The predicted molar refractivity (Wildman–Crippen MR) is 62.0 cm³/mol. The molecule has 4 heteroatoms. The molecule has 0 aromatic heterocycles. The molecule has 1 aliphatic rings. The lowest BCUT2D eigenvalue weighted by atomic mass is 10.1. The summed E-state index contributed by atoms with van der Waals surface area (Å²) < 4.78 is 7.35. The third kappa shape index (κ3) is 1.33. The Morgan fingerprint density at radius 1 is 1.17 bits per heavy atom. The van der Waals surface area contributed by atoms with Crippen molar-refractivity contribution >= 4 is 45.2 Å². The molecule has 2 rings (SSSR count). The molecule has 0 amide bonds. The molecule has 0 spiro atoms. The van der Waals surface area contributed by atoms with Gasteiger partial charge in [-0.3, -0.25) is 0 Å². The quantitative estimate of drug-likeness (QED) is 0.693. The van der Waals surface area contributed by atoms with E-state index in [1.54, 1.807) is 0 Å². The number of aromatic hydroxyl groups is 1. The summed E-state index contributed by atoms with van der Waals surface area (Å²) in [6, 6.07) is 1.98. The minimum Gasteiger partial charge on any atom is -0.506 e. The lowest BCUT2D eigenvalue weighted by Gasteiger charge is -2.05. The lowest BCUT2D eigenvalue weighted by Crippen LogP contribution is -1.90. The molecule has 1 aromatic carbocycles. The molecule has 1 aromatic rings. The highest BCUT2D eigenvalue weighted by molar-refractivity contribution is 14.1. The highest BCUT2D eigenvalue weighted by Crippen LogP contribution is 2.35. The molecule has 0 fully saturated rings. The third-order valence-electron chi connectivity index (χ3n) is 1.91. The summed E-state index contributed by atoms with van der Waals surface area (Å²) in [7, 11) is 0. The zero-order valence-corrected chi connectivity index (χ0v) is 10.4. The Morgan fingerprint density at radius 2 is 1.83 bits per heavy atom. The first kappa shape index (κ1) is 9.01. The minimum atomic E-state index is 0.392. The second kappa shape index (κ2) is 3.30. The van der Waals surface area contributed by atoms with Crippen LogP contribution >= 0.6 is 45.2 Å². The predicted octanol–water partition coefficient (Wildman–Crippen LogP) is 2.63. The second-order valence-electron chi connectivity index (χ2n) is 2.64. The smallest absolute Gasteiger partial charge is 0.134 e. The van der Waals surface area contributed by atoms with Crippen molar-refractivity contribution in [2.45, 2.75) is 13.2 Å². The Balaban J connectivity index is 2.69. The fourth-order valence-corrected chi connectivity index (χ4v) is 3.29. The van der Waals surface area contributed by atoms with Crippen LogP contribution in [0.4, 0.5) is 0 Å². The maximum atomic E-state index is 9.65. The Kier molecular flexibility index (Phi) is 2.48. The van der Waals surface area contributed by atoms with E-state index in [1.807, 2.05) is 6.07 Å². The Morgan fingerprint density at radius 3 is 2.58 bits per heavy atom. The number of fused-ring (bicyclic) bond motifs is 1. The fourth-order valence-electron chi connectivity index (χ4n) is 1.26. The van der Waals surface area contributed by atoms with Crippen LogP contribution in [0.1, 0.15) is 11.1 Å². The van der Waals surface area contributed by atoms with Crippen LogP contribution < -0.4 is 0 Å². The number of halogens is 2. The molecule has 0 radical (unpaired) electrons. The first-order valence-corrected chi connectivity index (χ1v) is 5.62. The molecule has 1 heterocycles. The van der Waals surface area contributed by atoms with E-state index in [0.29, 0.717) is 19.0 Å². The molecular weight excluding hydrogens is 382 g/mol. The monoisotopic (exact) mass is 388 g/mol. The van der Waals surface area contributed by atoms with Crippen molar-refractivity contribution in [3.63, 3.8) is 0 Å². The topological polar surface area (TPSA) is 29.5 Å². The van der Waals surface area contributed by atoms with Crippen LogP contribution in [0.5, 0.6) is 5.75 Å². The van der Waals surface area contributed by atoms with Crippen LogP contribution in [0, 0.1) is 7.14 Å². The third-order valence-corrected chi connectivity index (χ3v) is 3.70. The van der Waals surface area contributed by atoms with Gasteiger partial charge in [0.25, 0.3) is 0 Å². The normalized spacial score (nSPS) is 14.8. The molecule has 12 heavy (non-hydrogen) atoms. The van der Waals surface area contributed by atoms with E-state index in [1.165, 1.54) is 3.57 Å². The largest absolute Gasteiger partial charge is 0.506 e. The van der Waals surface area contributed by atoms with Gasteiger partial charge in [0.2, 0.25) is 0 Å². The minimum absolute atomic E-state index is 0.392. The molecule has 0 unspecified atom stereocenters. The van der Waals surface area contributed by atoms with Crippen molar-refractivity contribution in [2.75, 3.05) is 0 Å². The van der Waals surface area contributed by atoms with E-state index in [2.05, 4.69) is 45.2 Å². The molecule has 64 valence electrons. The highest BCUT2D eigenvalue weighted by atomic mass is 127. The zero-order valence-electron chi connectivity index (χ0n) is 6.10. The van der Waals surface area contributed by atoms with Crippen LogP contribution in [0.25, 0.3) is 0 Å². The average Bonchev–Trinajstić information content (AvgIpc) is 2.48. The van der Waals surface area contributed by atoms with Crippen LogP contribution in [0.3, 0.4) is 0 Å². The molecule has 1 aliphatic heterocycles. The molecule has 1 N–H and O–H groups in total. The van der Waals surface area contributed by atoms with Gasteiger partial charge in [-0.2, -0.15) is 0 Å². The molecule has 0 saturated carbocycles. The summed E-state index contributed by atoms with van der Waals surface area (Å²) in [4.78, 5) is 0. The van der Waals surface area contributed by atoms with Crippen LogP contribution in [-0.4, -0.2) is 5.11 Å². The number of rotatable bonds is 0. The average molecular weight is 388 g/mol. The van der Waals surface area contributed by atoms with Crippen molar-refractivity contribution in [3.8, 4) is 5.75 Å². The first-order chi connectivity index (χ1) is 5.70. The maximum absolute atomic E-state index is 9.65. The standard InChI is InChI=1S/C8H6I2O2/c9-6-1-7(10)8(11)5-3-12-2-4(5)6/h1,11H,2-3H2. The molecule has 0 aliphatic carbocycles. The van der Waals surface area contributed by atoms with Gasteiger partial charge >= 0.3 is 0 Å². The summed E-state index contributed by atoms with van der Waals surface area (Å²) in [5.74, 6) is 0.392. The summed E-state index contributed by atoms with van der Waals surface area (Å²) >= 11 is 4.41. The van der Waals surface area contributed by atoms with E-state index in [0.717, 1.165) is 14.7 Å².